The second-order valence-corrected chi connectivity index (χ2v) is 4.87. The van der Waals surface area contributed by atoms with E-state index in [0.717, 1.165) is 16.9 Å². The van der Waals surface area contributed by atoms with Gasteiger partial charge in [0.05, 0.1) is 0 Å². The zero-order valence-electron chi connectivity index (χ0n) is 12.6. The molecule has 0 aliphatic rings. The van der Waals surface area contributed by atoms with Crippen LogP contribution in [0.5, 0.6) is 5.75 Å². The fourth-order valence-corrected chi connectivity index (χ4v) is 1.97. The molecule has 20 heavy (non-hydrogen) atoms. The largest absolute Gasteiger partial charge is 0.483 e. The van der Waals surface area contributed by atoms with Gasteiger partial charge in [-0.15, -0.1) is 13.2 Å². The predicted octanol–water partition coefficient (Wildman–Crippen LogP) is 3.19. The molecule has 3 heteroatoms. The van der Waals surface area contributed by atoms with E-state index in [-0.39, 0.29) is 12.5 Å². The average Bonchev–Trinajstić information content (AvgIpc) is 2.40. The first-order valence-electron chi connectivity index (χ1n) is 6.69. The number of aryl methyl sites for hydroxylation is 2. The van der Waals surface area contributed by atoms with Crippen molar-refractivity contribution in [1.29, 1.82) is 0 Å². The minimum Gasteiger partial charge on any atom is -0.483 e. The van der Waals surface area contributed by atoms with Gasteiger partial charge in [-0.1, -0.05) is 18.2 Å². The summed E-state index contributed by atoms with van der Waals surface area (Å²) >= 11 is 0. The van der Waals surface area contributed by atoms with E-state index < -0.39 is 0 Å². The summed E-state index contributed by atoms with van der Waals surface area (Å²) in [5.41, 5.74) is 3.37. The molecule has 108 valence electrons. The zero-order chi connectivity index (χ0) is 15.1. The molecular formula is C17H23NO2. The zero-order valence-corrected chi connectivity index (χ0v) is 12.6. The highest BCUT2D eigenvalue weighted by molar-refractivity contribution is 5.78. The third-order valence-electron chi connectivity index (χ3n) is 3.17. The van der Waals surface area contributed by atoms with Crippen LogP contribution in [0, 0.1) is 20.8 Å². The minimum atomic E-state index is -0.0663. The lowest BCUT2D eigenvalue weighted by Gasteiger charge is -2.20. The van der Waals surface area contributed by atoms with Gasteiger partial charge < -0.3 is 9.64 Å². The number of ether oxygens (including phenoxy) is 1. The summed E-state index contributed by atoms with van der Waals surface area (Å²) in [7, 11) is 0. The van der Waals surface area contributed by atoms with E-state index >= 15 is 0 Å². The Bertz CT molecular complexity index is 496. The summed E-state index contributed by atoms with van der Waals surface area (Å²) < 4.78 is 5.67. The van der Waals surface area contributed by atoms with Crippen molar-refractivity contribution in [3.63, 3.8) is 0 Å². The molecule has 1 aromatic carbocycles. The monoisotopic (exact) mass is 273 g/mol. The molecule has 0 unspecified atom stereocenters. The Morgan fingerprint density at radius 1 is 1.20 bits per heavy atom. The fraction of sp³-hybridized carbons (Fsp3) is 0.353. The second-order valence-electron chi connectivity index (χ2n) is 4.87. The lowest BCUT2D eigenvalue weighted by atomic mass is 10.1. The van der Waals surface area contributed by atoms with Crippen molar-refractivity contribution in [2.45, 2.75) is 20.8 Å². The van der Waals surface area contributed by atoms with Crippen LogP contribution in [-0.2, 0) is 4.79 Å². The van der Waals surface area contributed by atoms with Crippen molar-refractivity contribution < 1.29 is 9.53 Å². The maximum absolute atomic E-state index is 12.1. The smallest absolute Gasteiger partial charge is 0.261 e. The average molecular weight is 273 g/mol. The van der Waals surface area contributed by atoms with Gasteiger partial charge in [0.25, 0.3) is 5.91 Å². The number of carbonyl (C=O) groups is 1. The number of hydrogen-bond donors (Lipinski definition) is 0. The van der Waals surface area contributed by atoms with E-state index in [1.54, 1.807) is 17.1 Å². The van der Waals surface area contributed by atoms with Gasteiger partial charge in [-0.05, 0) is 43.5 Å². The Morgan fingerprint density at radius 2 is 1.80 bits per heavy atom. The van der Waals surface area contributed by atoms with Gasteiger partial charge in [-0.25, -0.2) is 0 Å². The van der Waals surface area contributed by atoms with Gasteiger partial charge in [0, 0.05) is 13.1 Å². The van der Waals surface area contributed by atoms with Crippen LogP contribution >= 0.6 is 0 Å². The minimum absolute atomic E-state index is 0.0331. The molecule has 0 N–H and O–H groups in total. The van der Waals surface area contributed by atoms with Crippen LogP contribution in [-0.4, -0.2) is 30.5 Å². The summed E-state index contributed by atoms with van der Waals surface area (Å²) in [5, 5.41) is 0. The summed E-state index contributed by atoms with van der Waals surface area (Å²) in [5.74, 6) is 0.705. The Morgan fingerprint density at radius 3 is 2.35 bits per heavy atom. The lowest BCUT2D eigenvalue weighted by molar-refractivity contribution is -0.132. The highest BCUT2D eigenvalue weighted by atomic mass is 16.5. The molecule has 0 aliphatic carbocycles. The van der Waals surface area contributed by atoms with Crippen molar-refractivity contribution >= 4 is 5.91 Å². The van der Waals surface area contributed by atoms with E-state index in [2.05, 4.69) is 19.2 Å². The lowest BCUT2D eigenvalue weighted by Crippen LogP contribution is -2.35. The number of amides is 1. The first-order valence-corrected chi connectivity index (χ1v) is 6.69. The first kappa shape index (κ1) is 16.0. The number of benzene rings is 1. The molecule has 1 amide bonds. The molecule has 0 atom stereocenters. The quantitative estimate of drug-likeness (QED) is 0.714. The topological polar surface area (TPSA) is 29.5 Å². The Labute approximate surface area is 121 Å². The molecular weight excluding hydrogens is 250 g/mol. The maximum atomic E-state index is 12.1. The number of nitrogens with zero attached hydrogens (tertiary/aromatic N) is 1. The number of hydrogen-bond acceptors (Lipinski definition) is 2. The molecule has 0 saturated heterocycles. The van der Waals surface area contributed by atoms with Crippen molar-refractivity contribution in [2.24, 2.45) is 0 Å². The summed E-state index contributed by atoms with van der Waals surface area (Å²) in [4.78, 5) is 13.7. The van der Waals surface area contributed by atoms with Gasteiger partial charge in [0.2, 0.25) is 0 Å². The molecule has 1 rings (SSSR count). The van der Waals surface area contributed by atoms with Crippen LogP contribution in [0.15, 0.2) is 37.4 Å². The van der Waals surface area contributed by atoms with E-state index in [9.17, 15) is 4.79 Å². The Balaban J connectivity index is 2.73. The molecule has 0 heterocycles. The number of carbonyl (C=O) groups excluding carboxylic acids is 1. The highest BCUT2D eigenvalue weighted by Gasteiger charge is 2.12. The Kier molecular flexibility index (Phi) is 6.04. The third kappa shape index (κ3) is 4.26. The molecule has 0 bridgehead atoms. The molecule has 3 nitrogen and oxygen atoms in total. The molecule has 0 spiro atoms. The first-order chi connectivity index (χ1) is 9.49. The van der Waals surface area contributed by atoms with Crippen molar-refractivity contribution in [2.75, 3.05) is 19.7 Å². The van der Waals surface area contributed by atoms with Gasteiger partial charge in [0.15, 0.2) is 6.61 Å². The third-order valence-corrected chi connectivity index (χ3v) is 3.17. The van der Waals surface area contributed by atoms with Crippen molar-refractivity contribution in [1.82, 2.24) is 4.90 Å². The molecule has 0 aliphatic heterocycles. The maximum Gasteiger partial charge on any atom is 0.261 e. The molecule has 0 aromatic heterocycles. The summed E-state index contributed by atoms with van der Waals surface area (Å²) in [6, 6.07) is 4.06. The summed E-state index contributed by atoms with van der Waals surface area (Å²) in [6.07, 6.45) is 3.40. The van der Waals surface area contributed by atoms with Crippen LogP contribution in [0.4, 0.5) is 0 Å². The van der Waals surface area contributed by atoms with E-state index in [4.69, 9.17) is 4.74 Å². The van der Waals surface area contributed by atoms with E-state index in [0.29, 0.717) is 13.1 Å². The standard InChI is InChI=1S/C17H23NO2/c1-6-8-18(9-7-2)17(19)12-20-16-11-13(3)10-14(4)15(16)5/h6-7,10-11H,1-2,8-9,12H2,3-5H3. The van der Waals surface area contributed by atoms with E-state index in [1.165, 1.54) is 5.56 Å². The fourth-order valence-electron chi connectivity index (χ4n) is 1.97. The molecule has 1 aromatic rings. The normalized spacial score (nSPS) is 9.95. The second kappa shape index (κ2) is 7.53. The highest BCUT2D eigenvalue weighted by Crippen LogP contribution is 2.23. The summed E-state index contributed by atoms with van der Waals surface area (Å²) in [6.45, 7) is 14.4. The number of rotatable bonds is 7. The van der Waals surface area contributed by atoms with E-state index in [1.807, 2.05) is 26.8 Å². The molecule has 0 saturated carbocycles. The van der Waals surface area contributed by atoms with Crippen LogP contribution < -0.4 is 4.74 Å². The van der Waals surface area contributed by atoms with Crippen molar-refractivity contribution in [3.05, 3.63) is 54.1 Å². The van der Waals surface area contributed by atoms with Crippen molar-refractivity contribution in [3.8, 4) is 5.75 Å². The SMILES string of the molecule is C=CCN(CC=C)C(=O)COc1cc(C)cc(C)c1C. The van der Waals surface area contributed by atoms with Gasteiger partial charge in [0.1, 0.15) is 5.75 Å². The van der Waals surface area contributed by atoms with Gasteiger partial charge in [-0.2, -0.15) is 0 Å². The molecule has 0 fully saturated rings. The van der Waals surface area contributed by atoms with Gasteiger partial charge in [-0.3, -0.25) is 4.79 Å². The molecule has 0 radical (unpaired) electrons. The van der Waals surface area contributed by atoms with Crippen LogP contribution in [0.25, 0.3) is 0 Å². The predicted molar refractivity (Wildman–Crippen MR) is 83.1 cm³/mol. The van der Waals surface area contributed by atoms with Crippen LogP contribution in [0.2, 0.25) is 0 Å². The van der Waals surface area contributed by atoms with Gasteiger partial charge >= 0.3 is 0 Å². The Hall–Kier alpha value is -2.03. The van der Waals surface area contributed by atoms with Crippen LogP contribution in [0.3, 0.4) is 0 Å². The van der Waals surface area contributed by atoms with Crippen LogP contribution in [0.1, 0.15) is 16.7 Å².